The lowest BCUT2D eigenvalue weighted by molar-refractivity contribution is -0.131. The molecule has 1 amide bonds. The van der Waals surface area contributed by atoms with Gasteiger partial charge in [-0.3, -0.25) is 4.79 Å². The maximum absolute atomic E-state index is 12.8. The number of aryl methyl sites for hydroxylation is 2. The largest absolute Gasteiger partial charge is 0.486 e. The maximum atomic E-state index is 12.8. The summed E-state index contributed by atoms with van der Waals surface area (Å²) in [5.41, 5.74) is 3.29. The van der Waals surface area contributed by atoms with Crippen LogP contribution < -0.4 is 4.74 Å². The minimum Gasteiger partial charge on any atom is -0.486 e. The minimum atomic E-state index is 0.247. The van der Waals surface area contributed by atoms with Crippen LogP contribution in [0, 0.1) is 0 Å². The van der Waals surface area contributed by atoms with Crippen molar-refractivity contribution >= 4 is 16.9 Å². The summed E-state index contributed by atoms with van der Waals surface area (Å²) < 4.78 is 8.17. The van der Waals surface area contributed by atoms with Crippen molar-refractivity contribution < 1.29 is 9.53 Å². The predicted octanol–water partition coefficient (Wildman–Crippen LogP) is 4.97. The Kier molecular flexibility index (Phi) is 6.67. The van der Waals surface area contributed by atoms with E-state index in [1.807, 2.05) is 35.2 Å². The minimum absolute atomic E-state index is 0.247. The number of rotatable bonds is 7. The number of likely N-dealkylation sites (tertiary alicyclic amines) is 1. The molecule has 1 fully saturated rings. The highest BCUT2D eigenvalue weighted by atomic mass is 16.5. The Morgan fingerprint density at radius 3 is 2.47 bits per heavy atom. The number of ether oxygens (including phenoxy) is 1. The summed E-state index contributed by atoms with van der Waals surface area (Å²) in [5.74, 6) is 1.95. The second-order valence-corrected chi connectivity index (χ2v) is 8.00. The van der Waals surface area contributed by atoms with Gasteiger partial charge < -0.3 is 14.2 Å². The molecule has 30 heavy (non-hydrogen) atoms. The first-order valence-corrected chi connectivity index (χ1v) is 11.2. The monoisotopic (exact) mass is 405 g/mol. The molecule has 1 aromatic heterocycles. The molecule has 4 rings (SSSR count). The van der Waals surface area contributed by atoms with Gasteiger partial charge in [0.2, 0.25) is 5.91 Å². The molecule has 1 saturated heterocycles. The van der Waals surface area contributed by atoms with Crippen LogP contribution in [0.5, 0.6) is 5.75 Å². The summed E-state index contributed by atoms with van der Waals surface area (Å²) in [7, 11) is 0. The molecule has 1 aliphatic heterocycles. The van der Waals surface area contributed by atoms with Gasteiger partial charge in [0, 0.05) is 26.1 Å². The number of nitrogens with zero attached hydrogens (tertiary/aromatic N) is 3. The van der Waals surface area contributed by atoms with Crippen molar-refractivity contribution in [3.05, 3.63) is 59.9 Å². The van der Waals surface area contributed by atoms with E-state index in [0.29, 0.717) is 19.6 Å². The molecule has 0 radical (unpaired) electrons. The average Bonchev–Trinajstić information content (AvgIpc) is 2.93. The Labute approximate surface area is 178 Å². The first-order valence-electron chi connectivity index (χ1n) is 11.2. The molecule has 0 aliphatic carbocycles. The van der Waals surface area contributed by atoms with E-state index in [-0.39, 0.29) is 5.91 Å². The highest BCUT2D eigenvalue weighted by Gasteiger charge is 2.17. The van der Waals surface area contributed by atoms with Crippen LogP contribution in [-0.2, 0) is 24.4 Å². The molecule has 2 aromatic carbocycles. The lowest BCUT2D eigenvalue weighted by atomic mass is 10.2. The van der Waals surface area contributed by atoms with Crippen molar-refractivity contribution in [2.75, 3.05) is 13.1 Å². The van der Waals surface area contributed by atoms with Crippen molar-refractivity contribution in [2.24, 2.45) is 0 Å². The molecule has 0 spiro atoms. The number of imidazole rings is 1. The third kappa shape index (κ3) is 4.84. The van der Waals surface area contributed by atoms with Crippen LogP contribution in [0.2, 0.25) is 0 Å². The first-order chi connectivity index (χ1) is 14.7. The maximum Gasteiger partial charge on any atom is 0.224 e. The number of carbonyl (C=O) groups excluding carboxylic acids is 1. The number of para-hydroxylation sites is 2. The molecule has 0 unspecified atom stereocenters. The highest BCUT2D eigenvalue weighted by Crippen LogP contribution is 2.20. The van der Waals surface area contributed by atoms with Crippen molar-refractivity contribution in [3.63, 3.8) is 0 Å². The molecule has 0 bridgehead atoms. The van der Waals surface area contributed by atoms with Crippen LogP contribution in [0.15, 0.2) is 48.5 Å². The lowest BCUT2D eigenvalue weighted by Crippen LogP contribution is -2.32. The van der Waals surface area contributed by atoms with Gasteiger partial charge in [0.05, 0.1) is 11.0 Å². The third-order valence-corrected chi connectivity index (χ3v) is 5.94. The Bertz CT molecular complexity index is 970. The van der Waals surface area contributed by atoms with E-state index in [2.05, 4.69) is 29.7 Å². The van der Waals surface area contributed by atoms with Crippen LogP contribution >= 0.6 is 0 Å². The third-order valence-electron chi connectivity index (χ3n) is 5.94. The van der Waals surface area contributed by atoms with Gasteiger partial charge in [0.1, 0.15) is 18.2 Å². The van der Waals surface area contributed by atoms with Crippen molar-refractivity contribution in [1.82, 2.24) is 14.5 Å². The SMILES string of the molecule is CCc1ccc(OCc2nc3ccccc3n2CCC(=O)N2CCCCCC2)cc1. The molecule has 5 heteroatoms. The summed E-state index contributed by atoms with van der Waals surface area (Å²) in [6.07, 6.45) is 6.22. The summed E-state index contributed by atoms with van der Waals surface area (Å²) in [4.78, 5) is 19.6. The van der Waals surface area contributed by atoms with E-state index < -0.39 is 0 Å². The van der Waals surface area contributed by atoms with E-state index in [9.17, 15) is 4.79 Å². The average molecular weight is 406 g/mol. The summed E-state index contributed by atoms with van der Waals surface area (Å²) in [6, 6.07) is 16.3. The van der Waals surface area contributed by atoms with Crippen LogP contribution in [0.1, 0.15) is 50.4 Å². The van der Waals surface area contributed by atoms with Gasteiger partial charge in [-0.1, -0.05) is 44.0 Å². The van der Waals surface area contributed by atoms with Gasteiger partial charge in [-0.15, -0.1) is 0 Å². The number of carbonyl (C=O) groups is 1. The molecule has 3 aromatic rings. The van der Waals surface area contributed by atoms with Gasteiger partial charge in [-0.25, -0.2) is 4.98 Å². The predicted molar refractivity (Wildman–Crippen MR) is 120 cm³/mol. The summed E-state index contributed by atoms with van der Waals surface area (Å²) in [6.45, 7) is 4.95. The summed E-state index contributed by atoms with van der Waals surface area (Å²) in [5, 5.41) is 0. The topological polar surface area (TPSA) is 47.4 Å². The van der Waals surface area contributed by atoms with Crippen molar-refractivity contribution in [3.8, 4) is 5.75 Å². The quantitative estimate of drug-likeness (QED) is 0.557. The molecule has 5 nitrogen and oxygen atoms in total. The van der Waals surface area contributed by atoms with Gasteiger partial charge in [-0.05, 0) is 49.1 Å². The van der Waals surface area contributed by atoms with Crippen LogP contribution in [0.25, 0.3) is 11.0 Å². The van der Waals surface area contributed by atoms with E-state index in [1.165, 1.54) is 18.4 Å². The van der Waals surface area contributed by atoms with Crippen molar-refractivity contribution in [1.29, 1.82) is 0 Å². The highest BCUT2D eigenvalue weighted by molar-refractivity contribution is 5.78. The van der Waals surface area contributed by atoms with Gasteiger partial charge in [0.15, 0.2) is 0 Å². The standard InChI is InChI=1S/C25H31N3O2/c1-2-20-11-13-21(14-12-20)30-19-24-26-22-9-5-6-10-23(22)28(24)18-15-25(29)27-16-7-3-4-8-17-27/h5-6,9-14H,2-4,7-8,15-19H2,1H3. The number of aromatic nitrogens is 2. The van der Waals surface area contributed by atoms with E-state index >= 15 is 0 Å². The number of hydrogen-bond acceptors (Lipinski definition) is 3. The Morgan fingerprint density at radius 2 is 1.73 bits per heavy atom. The van der Waals surface area contributed by atoms with Crippen LogP contribution in [-0.4, -0.2) is 33.4 Å². The van der Waals surface area contributed by atoms with Gasteiger partial charge in [-0.2, -0.15) is 0 Å². The molecule has 158 valence electrons. The number of benzene rings is 2. The fourth-order valence-corrected chi connectivity index (χ4v) is 4.14. The van der Waals surface area contributed by atoms with Gasteiger partial charge in [0.25, 0.3) is 0 Å². The number of hydrogen-bond donors (Lipinski definition) is 0. The van der Waals surface area contributed by atoms with E-state index in [4.69, 9.17) is 9.72 Å². The van der Waals surface area contributed by atoms with Crippen LogP contribution in [0.3, 0.4) is 0 Å². The lowest BCUT2D eigenvalue weighted by Gasteiger charge is -2.20. The molecule has 0 N–H and O–H groups in total. The number of fused-ring (bicyclic) bond motifs is 1. The Balaban J connectivity index is 1.47. The fraction of sp³-hybridized carbons (Fsp3) is 0.440. The Morgan fingerprint density at radius 1 is 1.00 bits per heavy atom. The van der Waals surface area contributed by atoms with Gasteiger partial charge >= 0.3 is 0 Å². The van der Waals surface area contributed by atoms with E-state index in [0.717, 1.165) is 55.0 Å². The number of amides is 1. The zero-order valence-corrected chi connectivity index (χ0v) is 17.8. The zero-order valence-electron chi connectivity index (χ0n) is 17.8. The molecular weight excluding hydrogens is 374 g/mol. The zero-order chi connectivity index (χ0) is 20.8. The normalized spacial score (nSPS) is 14.6. The van der Waals surface area contributed by atoms with Crippen molar-refractivity contribution in [2.45, 2.75) is 58.6 Å². The molecule has 0 atom stereocenters. The second-order valence-electron chi connectivity index (χ2n) is 8.00. The van der Waals surface area contributed by atoms with Crippen LogP contribution in [0.4, 0.5) is 0 Å². The molecule has 0 saturated carbocycles. The molecule has 1 aliphatic rings. The fourth-order valence-electron chi connectivity index (χ4n) is 4.14. The molecule has 2 heterocycles. The smallest absolute Gasteiger partial charge is 0.224 e. The summed E-state index contributed by atoms with van der Waals surface area (Å²) >= 11 is 0. The second kappa shape index (κ2) is 9.79. The van der Waals surface area contributed by atoms with E-state index in [1.54, 1.807) is 0 Å². The first kappa shape index (κ1) is 20.5. The molecular formula is C25H31N3O2. The Hall–Kier alpha value is -2.82.